The van der Waals surface area contributed by atoms with Gasteiger partial charge >= 0.3 is 5.97 Å². The molecule has 4 N–H and O–H groups in total. The lowest BCUT2D eigenvalue weighted by molar-refractivity contribution is -0.142. The Kier molecular flexibility index (Phi) is 6.74. The van der Waals surface area contributed by atoms with Gasteiger partial charge in [-0.1, -0.05) is 6.92 Å². The first kappa shape index (κ1) is 12.9. The fourth-order valence-electron chi connectivity index (χ4n) is 0.955. The van der Waals surface area contributed by atoms with Gasteiger partial charge in [0.25, 0.3) is 0 Å². The molecule has 0 fully saturated rings. The smallest absolute Gasteiger partial charge is 0.322 e. The van der Waals surface area contributed by atoms with Crippen LogP contribution in [0.25, 0.3) is 0 Å². The average molecular weight is 201 g/mol. The summed E-state index contributed by atoms with van der Waals surface area (Å²) in [6, 6.07) is -0.544. The molecular formula is C9H19N3O2. The van der Waals surface area contributed by atoms with Crippen molar-refractivity contribution in [3.8, 4) is 0 Å². The number of esters is 1. The van der Waals surface area contributed by atoms with E-state index >= 15 is 0 Å². The van der Waals surface area contributed by atoms with Gasteiger partial charge in [-0.3, -0.25) is 10.2 Å². The van der Waals surface area contributed by atoms with Gasteiger partial charge in [0, 0.05) is 13.0 Å². The summed E-state index contributed by atoms with van der Waals surface area (Å²) in [6.45, 7) is 2.59. The predicted octanol–water partition coefficient (Wildman–Crippen LogP) is 0.244. The van der Waals surface area contributed by atoms with E-state index in [0.717, 1.165) is 6.42 Å². The van der Waals surface area contributed by atoms with Gasteiger partial charge in [0.1, 0.15) is 6.04 Å². The zero-order valence-corrected chi connectivity index (χ0v) is 8.80. The molecule has 5 heteroatoms. The van der Waals surface area contributed by atoms with E-state index in [4.69, 9.17) is 11.1 Å². The van der Waals surface area contributed by atoms with E-state index in [2.05, 4.69) is 10.1 Å². The summed E-state index contributed by atoms with van der Waals surface area (Å²) in [5.41, 5.74) is 5.52. The van der Waals surface area contributed by atoms with E-state index in [1.165, 1.54) is 7.11 Å². The summed E-state index contributed by atoms with van der Waals surface area (Å²) >= 11 is 0. The second kappa shape index (κ2) is 7.32. The van der Waals surface area contributed by atoms with E-state index in [1.807, 2.05) is 6.92 Å². The van der Waals surface area contributed by atoms with Crippen molar-refractivity contribution in [2.75, 3.05) is 13.7 Å². The predicted molar refractivity (Wildman–Crippen MR) is 55.2 cm³/mol. The number of amidine groups is 1. The van der Waals surface area contributed by atoms with Crippen LogP contribution in [0, 0.1) is 5.41 Å². The van der Waals surface area contributed by atoms with Gasteiger partial charge in [0.2, 0.25) is 0 Å². The Labute approximate surface area is 84.5 Å². The minimum atomic E-state index is -0.544. The quantitative estimate of drug-likeness (QED) is 0.249. The molecule has 5 nitrogen and oxygen atoms in total. The van der Waals surface area contributed by atoms with E-state index in [-0.39, 0.29) is 5.97 Å². The molecule has 0 amide bonds. The number of nitrogens with one attached hydrogen (secondary N) is 2. The molecule has 0 heterocycles. The number of ether oxygens (including phenoxy) is 1. The van der Waals surface area contributed by atoms with E-state index in [0.29, 0.717) is 25.2 Å². The number of rotatable bonds is 6. The molecule has 1 unspecified atom stereocenters. The van der Waals surface area contributed by atoms with Crippen LogP contribution in [-0.2, 0) is 9.53 Å². The van der Waals surface area contributed by atoms with E-state index in [9.17, 15) is 4.79 Å². The first-order valence-corrected chi connectivity index (χ1v) is 4.76. The highest BCUT2D eigenvalue weighted by molar-refractivity contribution is 5.78. The maximum atomic E-state index is 10.9. The zero-order chi connectivity index (χ0) is 11.0. The van der Waals surface area contributed by atoms with Gasteiger partial charge in [-0.05, 0) is 12.8 Å². The molecule has 0 saturated heterocycles. The lowest BCUT2D eigenvalue weighted by Gasteiger charge is -2.09. The molecule has 0 spiro atoms. The van der Waals surface area contributed by atoms with Crippen molar-refractivity contribution in [3.63, 3.8) is 0 Å². The third-order valence-corrected chi connectivity index (χ3v) is 1.89. The molecule has 0 rings (SSSR count). The maximum absolute atomic E-state index is 10.9. The molecule has 0 bridgehead atoms. The summed E-state index contributed by atoms with van der Waals surface area (Å²) in [5.74, 6) is 0.132. The van der Waals surface area contributed by atoms with Gasteiger partial charge < -0.3 is 15.8 Å². The average Bonchev–Trinajstić information content (AvgIpc) is 2.22. The van der Waals surface area contributed by atoms with Crippen LogP contribution in [0.2, 0.25) is 0 Å². The maximum Gasteiger partial charge on any atom is 0.322 e. The Balaban J connectivity index is 3.45. The number of hydrogen-bond acceptors (Lipinski definition) is 4. The molecule has 0 aliphatic heterocycles. The monoisotopic (exact) mass is 201 g/mol. The molecule has 0 aliphatic carbocycles. The van der Waals surface area contributed by atoms with Crippen molar-refractivity contribution < 1.29 is 9.53 Å². The topological polar surface area (TPSA) is 88.2 Å². The minimum absolute atomic E-state index is 0.379. The van der Waals surface area contributed by atoms with Crippen molar-refractivity contribution in [3.05, 3.63) is 0 Å². The van der Waals surface area contributed by atoms with Gasteiger partial charge in [-0.25, -0.2) is 0 Å². The largest absolute Gasteiger partial charge is 0.468 e. The molecule has 0 aromatic rings. The molecule has 0 aromatic heterocycles. The third-order valence-electron chi connectivity index (χ3n) is 1.89. The lowest BCUT2D eigenvalue weighted by atomic mass is 10.2. The lowest BCUT2D eigenvalue weighted by Crippen LogP contribution is -2.32. The molecule has 14 heavy (non-hydrogen) atoms. The normalized spacial score (nSPS) is 11.9. The Hall–Kier alpha value is -1.10. The number of methoxy groups -OCH3 is 1. The van der Waals surface area contributed by atoms with Crippen LogP contribution in [0.3, 0.4) is 0 Å². The summed E-state index contributed by atoms with van der Waals surface area (Å²) in [6.07, 6.45) is 2.04. The summed E-state index contributed by atoms with van der Waals surface area (Å²) in [7, 11) is 1.33. The second-order valence-electron chi connectivity index (χ2n) is 3.03. The van der Waals surface area contributed by atoms with Gasteiger partial charge in [-0.15, -0.1) is 0 Å². The van der Waals surface area contributed by atoms with E-state index in [1.54, 1.807) is 0 Å². The van der Waals surface area contributed by atoms with Gasteiger partial charge in [0.15, 0.2) is 0 Å². The summed E-state index contributed by atoms with van der Waals surface area (Å²) < 4.78 is 4.48. The Bertz CT molecular complexity index is 194. The fourth-order valence-corrected chi connectivity index (χ4v) is 0.955. The van der Waals surface area contributed by atoms with Crippen LogP contribution < -0.4 is 11.1 Å². The highest BCUT2D eigenvalue weighted by atomic mass is 16.5. The zero-order valence-electron chi connectivity index (χ0n) is 8.80. The highest BCUT2D eigenvalue weighted by Crippen LogP contribution is 1.95. The highest BCUT2D eigenvalue weighted by Gasteiger charge is 2.12. The first-order valence-electron chi connectivity index (χ1n) is 4.76. The SMILES string of the molecule is CCC(=N)NCCCC(N)C(=O)OC. The second-order valence-corrected chi connectivity index (χ2v) is 3.03. The number of hydrogen-bond donors (Lipinski definition) is 3. The van der Waals surface area contributed by atoms with Crippen molar-refractivity contribution in [2.45, 2.75) is 32.2 Å². The Morgan fingerprint density at radius 2 is 2.29 bits per heavy atom. The molecule has 0 saturated carbocycles. The van der Waals surface area contributed by atoms with Crippen molar-refractivity contribution >= 4 is 11.8 Å². The molecule has 82 valence electrons. The standard InChI is InChI=1S/C9H19N3O2/c1-3-8(11)12-6-4-5-7(10)9(13)14-2/h7H,3-6,10H2,1-2H3,(H2,11,12). The van der Waals surface area contributed by atoms with Gasteiger partial charge in [0.05, 0.1) is 12.9 Å². The van der Waals surface area contributed by atoms with Crippen molar-refractivity contribution in [1.82, 2.24) is 5.32 Å². The van der Waals surface area contributed by atoms with Crippen LogP contribution >= 0.6 is 0 Å². The fraction of sp³-hybridized carbons (Fsp3) is 0.778. The van der Waals surface area contributed by atoms with Gasteiger partial charge in [-0.2, -0.15) is 0 Å². The molecule has 1 atom stereocenters. The van der Waals surface area contributed by atoms with E-state index < -0.39 is 6.04 Å². The Morgan fingerprint density at radius 3 is 2.79 bits per heavy atom. The van der Waals surface area contributed by atoms with Crippen LogP contribution in [0.1, 0.15) is 26.2 Å². The third kappa shape index (κ3) is 5.53. The number of carbonyl (C=O) groups is 1. The molecule has 0 aromatic carbocycles. The number of nitrogens with two attached hydrogens (primary N) is 1. The van der Waals surface area contributed by atoms with Crippen LogP contribution in [0.4, 0.5) is 0 Å². The first-order chi connectivity index (χ1) is 6.61. The van der Waals surface area contributed by atoms with Crippen LogP contribution in [-0.4, -0.2) is 31.5 Å². The Morgan fingerprint density at radius 1 is 1.64 bits per heavy atom. The number of carbonyl (C=O) groups excluding carboxylic acids is 1. The minimum Gasteiger partial charge on any atom is -0.468 e. The summed E-state index contributed by atoms with van der Waals surface area (Å²) in [5, 5.41) is 10.2. The summed E-state index contributed by atoms with van der Waals surface area (Å²) in [4.78, 5) is 10.9. The van der Waals surface area contributed by atoms with Crippen LogP contribution in [0.15, 0.2) is 0 Å². The van der Waals surface area contributed by atoms with Crippen LogP contribution in [0.5, 0.6) is 0 Å². The molecule has 0 aliphatic rings. The molecule has 0 radical (unpaired) electrons. The molecular weight excluding hydrogens is 182 g/mol. The van der Waals surface area contributed by atoms with Crippen molar-refractivity contribution in [1.29, 1.82) is 5.41 Å². The van der Waals surface area contributed by atoms with Crippen molar-refractivity contribution in [2.24, 2.45) is 5.73 Å².